The van der Waals surface area contributed by atoms with Crippen LogP contribution in [0.1, 0.15) is 43.7 Å². The molecule has 9 heteroatoms. The lowest BCUT2D eigenvalue weighted by Gasteiger charge is -2.31. The Balaban J connectivity index is 1.32. The molecule has 7 nitrogen and oxygen atoms in total. The third kappa shape index (κ3) is 4.59. The van der Waals surface area contributed by atoms with E-state index in [9.17, 15) is 22.4 Å². The highest BCUT2D eigenvalue weighted by molar-refractivity contribution is 7.89. The summed E-state index contributed by atoms with van der Waals surface area (Å²) in [5.74, 6) is -0.907. The first-order valence-corrected chi connectivity index (χ1v) is 13.6. The molecule has 2 atom stereocenters. The standard InChI is InChI=1S/C26H30FN3O4S/c1-16-12-21(27)7-9-23(16)28-25(31)19-4-3-11-29(15-19)35(33,34)22-8-10-24-20(14-22)13-17(2)30(24)26(32)18-5-6-18/h7-10,12,14,17-19H,3-6,11,13,15H2,1-2H3,(H,28,31)/t17-,19+/m1/s1. The van der Waals surface area contributed by atoms with E-state index < -0.39 is 15.9 Å². The van der Waals surface area contributed by atoms with Gasteiger partial charge in [0.2, 0.25) is 21.8 Å². The summed E-state index contributed by atoms with van der Waals surface area (Å²) in [7, 11) is -3.80. The van der Waals surface area contributed by atoms with E-state index in [0.29, 0.717) is 37.1 Å². The van der Waals surface area contributed by atoms with Gasteiger partial charge in [0, 0.05) is 36.4 Å². The number of amides is 2. The average Bonchev–Trinajstić information content (AvgIpc) is 3.62. The molecule has 3 aliphatic rings. The smallest absolute Gasteiger partial charge is 0.243 e. The predicted octanol–water partition coefficient (Wildman–Crippen LogP) is 3.86. The van der Waals surface area contributed by atoms with Crippen LogP contribution in [0.15, 0.2) is 41.3 Å². The molecule has 1 saturated heterocycles. The van der Waals surface area contributed by atoms with E-state index in [4.69, 9.17) is 0 Å². The normalized spacial score (nSPS) is 22.7. The Labute approximate surface area is 205 Å². The Kier molecular flexibility index (Phi) is 6.17. The van der Waals surface area contributed by atoms with Crippen LogP contribution in [0.25, 0.3) is 0 Å². The summed E-state index contributed by atoms with van der Waals surface area (Å²) >= 11 is 0. The summed E-state index contributed by atoms with van der Waals surface area (Å²) in [6.07, 6.45) is 3.63. The molecule has 1 saturated carbocycles. The van der Waals surface area contributed by atoms with Gasteiger partial charge in [0.1, 0.15) is 5.82 Å². The molecule has 2 aliphatic heterocycles. The first-order valence-electron chi connectivity index (χ1n) is 12.2. The highest BCUT2D eigenvalue weighted by Crippen LogP contribution is 2.40. The minimum atomic E-state index is -3.80. The molecule has 2 aromatic carbocycles. The van der Waals surface area contributed by atoms with Crippen LogP contribution in [0.5, 0.6) is 0 Å². The van der Waals surface area contributed by atoms with E-state index in [1.807, 2.05) is 11.8 Å². The van der Waals surface area contributed by atoms with Crippen LogP contribution in [0, 0.1) is 24.6 Å². The van der Waals surface area contributed by atoms with Gasteiger partial charge >= 0.3 is 0 Å². The van der Waals surface area contributed by atoms with Gasteiger partial charge in [0.05, 0.1) is 10.8 Å². The molecule has 0 aromatic heterocycles. The third-order valence-corrected chi connectivity index (χ3v) is 9.13. The molecule has 186 valence electrons. The largest absolute Gasteiger partial charge is 0.326 e. The molecule has 0 bridgehead atoms. The average molecular weight is 500 g/mol. The Hall–Kier alpha value is -2.78. The number of benzene rings is 2. The van der Waals surface area contributed by atoms with Crippen LogP contribution >= 0.6 is 0 Å². The van der Waals surface area contributed by atoms with Gasteiger partial charge in [-0.1, -0.05) is 0 Å². The second kappa shape index (κ2) is 9.02. The van der Waals surface area contributed by atoms with Crippen molar-refractivity contribution in [1.29, 1.82) is 0 Å². The second-order valence-electron chi connectivity index (χ2n) is 9.98. The fourth-order valence-corrected chi connectivity index (χ4v) is 6.73. The number of aryl methyl sites for hydroxylation is 1. The maximum atomic E-state index is 13.5. The third-order valence-electron chi connectivity index (χ3n) is 7.27. The zero-order valence-electron chi connectivity index (χ0n) is 20.0. The zero-order valence-corrected chi connectivity index (χ0v) is 20.8. The first kappa shape index (κ1) is 23.9. The SMILES string of the molecule is Cc1cc(F)ccc1NC(=O)[C@H]1CCCN(S(=O)(=O)c2ccc3c(c2)C[C@@H](C)N3C(=O)C2CC2)C1. The van der Waals surface area contributed by atoms with Crippen LogP contribution < -0.4 is 10.2 Å². The van der Waals surface area contributed by atoms with Crippen molar-refractivity contribution in [1.82, 2.24) is 4.31 Å². The molecule has 1 aliphatic carbocycles. The van der Waals surface area contributed by atoms with Crippen molar-refractivity contribution >= 4 is 33.2 Å². The minimum Gasteiger partial charge on any atom is -0.326 e. The summed E-state index contributed by atoms with van der Waals surface area (Å²) in [6.45, 7) is 4.14. The van der Waals surface area contributed by atoms with Crippen LogP contribution in [0.3, 0.4) is 0 Å². The second-order valence-corrected chi connectivity index (χ2v) is 11.9. The summed E-state index contributed by atoms with van der Waals surface area (Å²) < 4.78 is 41.7. The fourth-order valence-electron chi connectivity index (χ4n) is 5.16. The molecule has 35 heavy (non-hydrogen) atoms. The van der Waals surface area contributed by atoms with E-state index in [-0.39, 0.29) is 41.0 Å². The van der Waals surface area contributed by atoms with Gasteiger partial charge in [-0.25, -0.2) is 12.8 Å². The number of hydrogen-bond acceptors (Lipinski definition) is 4. The molecule has 1 N–H and O–H groups in total. The van der Waals surface area contributed by atoms with Crippen molar-refractivity contribution in [3.05, 3.63) is 53.3 Å². The Morgan fingerprint density at radius 3 is 2.54 bits per heavy atom. The molecule has 0 radical (unpaired) electrons. The van der Waals surface area contributed by atoms with Crippen LogP contribution in [-0.2, 0) is 26.0 Å². The number of sulfonamides is 1. The van der Waals surface area contributed by atoms with Gasteiger partial charge in [-0.05, 0) is 93.5 Å². The number of rotatable bonds is 5. The van der Waals surface area contributed by atoms with E-state index in [1.165, 1.54) is 22.5 Å². The van der Waals surface area contributed by atoms with Crippen molar-refractivity contribution in [2.24, 2.45) is 11.8 Å². The van der Waals surface area contributed by atoms with Gasteiger partial charge in [-0.2, -0.15) is 4.31 Å². The Bertz CT molecular complexity index is 1290. The Morgan fingerprint density at radius 1 is 1.06 bits per heavy atom. The summed E-state index contributed by atoms with van der Waals surface area (Å²) in [5.41, 5.74) is 2.80. The topological polar surface area (TPSA) is 86.8 Å². The van der Waals surface area contributed by atoms with E-state index in [0.717, 1.165) is 24.1 Å². The van der Waals surface area contributed by atoms with E-state index >= 15 is 0 Å². The van der Waals surface area contributed by atoms with Crippen LogP contribution in [0.4, 0.5) is 15.8 Å². The lowest BCUT2D eigenvalue weighted by Crippen LogP contribution is -2.43. The number of nitrogens with zero attached hydrogens (tertiary/aromatic N) is 2. The van der Waals surface area contributed by atoms with Gasteiger partial charge < -0.3 is 10.2 Å². The molecular formula is C26H30FN3O4S. The number of fused-ring (bicyclic) bond motifs is 1. The van der Waals surface area contributed by atoms with E-state index in [1.54, 1.807) is 25.1 Å². The molecular weight excluding hydrogens is 469 g/mol. The summed E-state index contributed by atoms with van der Waals surface area (Å²) in [5, 5.41) is 2.82. The lowest BCUT2D eigenvalue weighted by atomic mass is 9.98. The molecule has 2 amide bonds. The highest BCUT2D eigenvalue weighted by atomic mass is 32.2. The Morgan fingerprint density at radius 2 is 1.83 bits per heavy atom. The number of halogens is 1. The molecule has 2 aromatic rings. The molecule has 0 spiro atoms. The summed E-state index contributed by atoms with van der Waals surface area (Å²) in [4.78, 5) is 27.6. The zero-order chi connectivity index (χ0) is 24.9. The van der Waals surface area contributed by atoms with Crippen molar-refractivity contribution in [3.63, 3.8) is 0 Å². The molecule has 2 heterocycles. The van der Waals surface area contributed by atoms with Crippen molar-refractivity contribution in [2.45, 2.75) is 56.9 Å². The number of carbonyl (C=O) groups excluding carboxylic acids is 2. The van der Waals surface area contributed by atoms with Gasteiger partial charge in [-0.3, -0.25) is 9.59 Å². The van der Waals surface area contributed by atoms with Gasteiger partial charge in [0.25, 0.3) is 0 Å². The number of nitrogens with one attached hydrogen (secondary N) is 1. The monoisotopic (exact) mass is 499 g/mol. The predicted molar refractivity (Wildman–Crippen MR) is 131 cm³/mol. The van der Waals surface area contributed by atoms with Crippen molar-refractivity contribution in [3.8, 4) is 0 Å². The molecule has 2 fully saturated rings. The van der Waals surface area contributed by atoms with Crippen molar-refractivity contribution < 1.29 is 22.4 Å². The fraction of sp³-hybridized carbons (Fsp3) is 0.462. The van der Waals surface area contributed by atoms with Crippen molar-refractivity contribution in [2.75, 3.05) is 23.3 Å². The summed E-state index contributed by atoms with van der Waals surface area (Å²) in [6, 6.07) is 9.17. The maximum absolute atomic E-state index is 13.5. The number of anilines is 2. The van der Waals surface area contributed by atoms with Gasteiger partial charge in [-0.15, -0.1) is 0 Å². The van der Waals surface area contributed by atoms with E-state index in [2.05, 4.69) is 5.32 Å². The van der Waals surface area contributed by atoms with Crippen LogP contribution in [0.2, 0.25) is 0 Å². The number of carbonyl (C=O) groups is 2. The van der Waals surface area contributed by atoms with Crippen LogP contribution in [-0.4, -0.2) is 43.7 Å². The molecule has 0 unspecified atom stereocenters. The highest BCUT2D eigenvalue weighted by Gasteiger charge is 2.40. The quantitative estimate of drug-likeness (QED) is 0.677. The molecule has 5 rings (SSSR count). The number of piperidine rings is 1. The minimum absolute atomic E-state index is 0.00837. The number of hydrogen-bond donors (Lipinski definition) is 1. The first-order chi connectivity index (χ1) is 16.6. The lowest BCUT2D eigenvalue weighted by molar-refractivity contribution is -0.121. The van der Waals surface area contributed by atoms with Gasteiger partial charge in [0.15, 0.2) is 0 Å². The maximum Gasteiger partial charge on any atom is 0.243 e.